The summed E-state index contributed by atoms with van der Waals surface area (Å²) >= 11 is 0. The van der Waals surface area contributed by atoms with Crippen LogP contribution in [0.1, 0.15) is 17.5 Å². The van der Waals surface area contributed by atoms with E-state index in [-0.39, 0.29) is 12.3 Å². The molecule has 0 heterocycles. The molecule has 1 atom stereocenters. The number of carboxylic acids is 1. The van der Waals surface area contributed by atoms with Gasteiger partial charge in [0.1, 0.15) is 6.04 Å². The van der Waals surface area contributed by atoms with E-state index in [1.165, 1.54) is 7.11 Å². The summed E-state index contributed by atoms with van der Waals surface area (Å²) in [6.07, 6.45) is -0.133. The van der Waals surface area contributed by atoms with Crippen molar-refractivity contribution >= 4 is 17.6 Å². The maximum absolute atomic E-state index is 12.0. The van der Waals surface area contributed by atoms with Crippen molar-refractivity contribution in [3.05, 3.63) is 29.3 Å². The van der Waals surface area contributed by atoms with E-state index in [2.05, 4.69) is 10.6 Å². The molecule has 0 saturated heterocycles. The van der Waals surface area contributed by atoms with Crippen LogP contribution in [-0.2, 0) is 14.3 Å². The van der Waals surface area contributed by atoms with Crippen molar-refractivity contribution < 1.29 is 19.4 Å². The molecule has 0 aliphatic rings. The number of hydrogen-bond donors (Lipinski definition) is 3. The molecular formula is C15H22N2O4. The minimum absolute atomic E-state index is 0.133. The lowest BCUT2D eigenvalue weighted by Gasteiger charge is -2.15. The van der Waals surface area contributed by atoms with E-state index in [4.69, 9.17) is 9.84 Å². The Kier molecular flexibility index (Phi) is 6.84. The third-order valence-corrected chi connectivity index (χ3v) is 3.05. The van der Waals surface area contributed by atoms with Gasteiger partial charge in [-0.3, -0.25) is 9.59 Å². The van der Waals surface area contributed by atoms with Crippen LogP contribution in [-0.4, -0.2) is 43.3 Å². The number of rotatable bonds is 8. The Morgan fingerprint density at radius 1 is 1.33 bits per heavy atom. The van der Waals surface area contributed by atoms with Crippen LogP contribution < -0.4 is 10.6 Å². The summed E-state index contributed by atoms with van der Waals surface area (Å²) in [5.74, 6) is -1.39. The summed E-state index contributed by atoms with van der Waals surface area (Å²) in [6.45, 7) is 4.59. The van der Waals surface area contributed by atoms with Crippen LogP contribution >= 0.6 is 0 Å². The number of ether oxygens (including phenoxy) is 1. The fraction of sp³-hybridized carbons (Fsp3) is 0.467. The van der Waals surface area contributed by atoms with Gasteiger partial charge in [-0.1, -0.05) is 12.1 Å². The van der Waals surface area contributed by atoms with Crippen molar-refractivity contribution in [1.82, 2.24) is 5.32 Å². The molecule has 0 aliphatic heterocycles. The van der Waals surface area contributed by atoms with Gasteiger partial charge in [-0.15, -0.1) is 0 Å². The second-order valence-corrected chi connectivity index (χ2v) is 4.91. The Hall–Kier alpha value is -1.92. The summed E-state index contributed by atoms with van der Waals surface area (Å²) < 4.78 is 4.85. The molecule has 21 heavy (non-hydrogen) atoms. The van der Waals surface area contributed by atoms with Crippen molar-refractivity contribution in [2.75, 3.05) is 25.6 Å². The lowest BCUT2D eigenvalue weighted by atomic mass is 10.1. The van der Waals surface area contributed by atoms with Crippen LogP contribution in [0.4, 0.5) is 5.69 Å². The molecule has 1 aromatic carbocycles. The number of methoxy groups -OCH3 is 1. The molecule has 0 aromatic heterocycles. The molecule has 0 bridgehead atoms. The summed E-state index contributed by atoms with van der Waals surface area (Å²) in [7, 11) is 1.53. The van der Waals surface area contributed by atoms with Gasteiger partial charge in [0.15, 0.2) is 0 Å². The van der Waals surface area contributed by atoms with Crippen LogP contribution in [0.2, 0.25) is 0 Å². The van der Waals surface area contributed by atoms with E-state index in [1.807, 2.05) is 32.0 Å². The van der Waals surface area contributed by atoms with Crippen LogP contribution in [0.5, 0.6) is 0 Å². The molecule has 0 spiro atoms. The highest BCUT2D eigenvalue weighted by molar-refractivity contribution is 5.94. The Balaban J connectivity index is 2.61. The minimum Gasteiger partial charge on any atom is -0.480 e. The van der Waals surface area contributed by atoms with Gasteiger partial charge >= 0.3 is 5.97 Å². The highest BCUT2D eigenvalue weighted by Gasteiger charge is 2.20. The second-order valence-electron chi connectivity index (χ2n) is 4.91. The number of aryl methyl sites for hydroxylation is 2. The second kappa shape index (κ2) is 8.39. The first-order chi connectivity index (χ1) is 9.93. The zero-order valence-corrected chi connectivity index (χ0v) is 12.6. The highest BCUT2D eigenvalue weighted by atomic mass is 16.5. The third-order valence-electron chi connectivity index (χ3n) is 3.05. The number of benzene rings is 1. The Morgan fingerprint density at radius 3 is 2.67 bits per heavy atom. The number of carboxylic acid groups (broad SMARTS) is 1. The Morgan fingerprint density at radius 2 is 2.05 bits per heavy atom. The summed E-state index contributed by atoms with van der Waals surface area (Å²) in [4.78, 5) is 23.1. The van der Waals surface area contributed by atoms with Crippen molar-refractivity contribution in [2.45, 2.75) is 26.3 Å². The van der Waals surface area contributed by atoms with Crippen molar-refractivity contribution in [1.29, 1.82) is 0 Å². The quantitative estimate of drug-likeness (QED) is 0.629. The van der Waals surface area contributed by atoms with Crippen molar-refractivity contribution in [3.8, 4) is 0 Å². The molecule has 1 amide bonds. The lowest BCUT2D eigenvalue weighted by Crippen LogP contribution is -2.41. The Bertz CT molecular complexity index is 502. The third kappa shape index (κ3) is 5.93. The molecule has 6 heteroatoms. The molecule has 0 radical (unpaired) electrons. The van der Waals surface area contributed by atoms with E-state index >= 15 is 0 Å². The highest BCUT2D eigenvalue weighted by Crippen LogP contribution is 2.16. The minimum atomic E-state index is -1.05. The fourth-order valence-corrected chi connectivity index (χ4v) is 1.84. The molecule has 3 N–H and O–H groups in total. The Labute approximate surface area is 124 Å². The average Bonchev–Trinajstić information content (AvgIpc) is 2.42. The van der Waals surface area contributed by atoms with E-state index in [0.29, 0.717) is 18.8 Å². The lowest BCUT2D eigenvalue weighted by molar-refractivity contribution is -0.141. The molecule has 6 nitrogen and oxygen atoms in total. The fourth-order valence-electron chi connectivity index (χ4n) is 1.84. The predicted molar refractivity (Wildman–Crippen MR) is 80.5 cm³/mol. The topological polar surface area (TPSA) is 87.7 Å². The number of hydrogen-bond acceptors (Lipinski definition) is 4. The summed E-state index contributed by atoms with van der Waals surface area (Å²) in [5.41, 5.74) is 2.68. The first kappa shape index (κ1) is 17.1. The molecule has 1 unspecified atom stereocenters. The number of aliphatic carboxylic acids is 1. The predicted octanol–water partition coefficient (Wildman–Crippen LogP) is 1.32. The van der Waals surface area contributed by atoms with E-state index < -0.39 is 12.0 Å². The molecule has 0 saturated carbocycles. The summed E-state index contributed by atoms with van der Waals surface area (Å²) in [6, 6.07) is 4.81. The molecule has 116 valence electrons. The van der Waals surface area contributed by atoms with Gasteiger partial charge in [0.25, 0.3) is 0 Å². The maximum atomic E-state index is 12.0. The van der Waals surface area contributed by atoms with E-state index in [0.717, 1.165) is 11.1 Å². The van der Waals surface area contributed by atoms with Gasteiger partial charge in [0.05, 0.1) is 13.0 Å². The number of nitrogens with one attached hydrogen (secondary N) is 2. The zero-order valence-electron chi connectivity index (χ0n) is 12.6. The SMILES string of the molecule is COCCNC(CC(=O)Nc1cc(C)ccc1C)C(=O)O. The van der Waals surface area contributed by atoms with Crippen LogP contribution in [0.25, 0.3) is 0 Å². The molecule has 0 aliphatic carbocycles. The van der Waals surface area contributed by atoms with Crippen LogP contribution in [0.15, 0.2) is 18.2 Å². The maximum Gasteiger partial charge on any atom is 0.321 e. The standard InChI is InChI=1S/C15H22N2O4/c1-10-4-5-11(2)12(8-10)17-14(18)9-13(15(19)20)16-6-7-21-3/h4-5,8,13,16H,6-7,9H2,1-3H3,(H,17,18)(H,19,20). The normalized spacial score (nSPS) is 12.0. The smallest absolute Gasteiger partial charge is 0.321 e. The van der Waals surface area contributed by atoms with Gasteiger partial charge in [-0.2, -0.15) is 0 Å². The molecule has 1 aromatic rings. The van der Waals surface area contributed by atoms with Crippen molar-refractivity contribution in [2.24, 2.45) is 0 Å². The van der Waals surface area contributed by atoms with Gasteiger partial charge in [0.2, 0.25) is 5.91 Å². The van der Waals surface area contributed by atoms with Crippen LogP contribution in [0, 0.1) is 13.8 Å². The molecule has 1 rings (SSSR count). The van der Waals surface area contributed by atoms with Gasteiger partial charge in [-0.25, -0.2) is 0 Å². The van der Waals surface area contributed by atoms with Gasteiger partial charge in [-0.05, 0) is 31.0 Å². The number of anilines is 1. The van der Waals surface area contributed by atoms with Crippen LogP contribution in [0.3, 0.4) is 0 Å². The van der Waals surface area contributed by atoms with Crippen molar-refractivity contribution in [3.63, 3.8) is 0 Å². The number of amides is 1. The van der Waals surface area contributed by atoms with Gasteiger partial charge < -0.3 is 20.5 Å². The summed E-state index contributed by atoms with van der Waals surface area (Å²) in [5, 5.41) is 14.6. The zero-order chi connectivity index (χ0) is 15.8. The first-order valence-electron chi connectivity index (χ1n) is 6.76. The monoisotopic (exact) mass is 294 g/mol. The largest absolute Gasteiger partial charge is 0.480 e. The molecule has 0 fully saturated rings. The van der Waals surface area contributed by atoms with Gasteiger partial charge in [0, 0.05) is 19.3 Å². The number of carbonyl (C=O) groups is 2. The first-order valence-corrected chi connectivity index (χ1v) is 6.76. The average molecular weight is 294 g/mol. The van der Waals surface area contributed by atoms with E-state index in [1.54, 1.807) is 0 Å². The van der Waals surface area contributed by atoms with E-state index in [9.17, 15) is 9.59 Å². The number of carbonyl (C=O) groups excluding carboxylic acids is 1. The molecular weight excluding hydrogens is 272 g/mol.